The lowest BCUT2D eigenvalue weighted by atomic mass is 9.95. The smallest absolute Gasteiger partial charge is 0.291 e. The van der Waals surface area contributed by atoms with Crippen LogP contribution in [-0.4, -0.2) is 36.1 Å². The minimum Gasteiger partial charge on any atom is -0.459 e. The van der Waals surface area contributed by atoms with E-state index in [2.05, 4.69) is 15.3 Å². The van der Waals surface area contributed by atoms with Gasteiger partial charge in [-0.3, -0.25) is 9.59 Å². The van der Waals surface area contributed by atoms with Gasteiger partial charge in [-0.15, -0.1) is 0 Å². The lowest BCUT2D eigenvalue weighted by molar-refractivity contribution is -0.125. The van der Waals surface area contributed by atoms with Gasteiger partial charge in [0.25, 0.3) is 5.91 Å². The number of hydrogen-bond acceptors (Lipinski definition) is 6. The van der Waals surface area contributed by atoms with Crippen molar-refractivity contribution in [1.29, 1.82) is 0 Å². The number of anilines is 1. The monoisotopic (exact) mass is 463 g/mol. The number of aromatic nitrogens is 1. The molecule has 0 radical (unpaired) electrons. The van der Waals surface area contributed by atoms with Crippen molar-refractivity contribution < 1.29 is 18.7 Å². The fraction of sp³-hybridized carbons (Fsp3) is 0.280. The number of hydrogen-bond donors (Lipinski definition) is 1. The number of ketones is 1. The molecular weight excluding hydrogens is 442 g/mol. The number of furan rings is 1. The molecule has 168 valence electrons. The van der Waals surface area contributed by atoms with Gasteiger partial charge in [0.1, 0.15) is 5.78 Å². The van der Waals surface area contributed by atoms with Crippen molar-refractivity contribution in [2.75, 3.05) is 19.0 Å². The zero-order valence-electron chi connectivity index (χ0n) is 18.1. The maximum Gasteiger partial charge on any atom is 0.291 e. The van der Waals surface area contributed by atoms with Crippen molar-refractivity contribution in [3.63, 3.8) is 0 Å². The number of nitrogens with one attached hydrogen (secondary N) is 1. The minimum atomic E-state index is -0.345. The van der Waals surface area contributed by atoms with Gasteiger partial charge in [-0.25, -0.2) is 9.98 Å². The molecule has 1 aromatic carbocycles. The van der Waals surface area contributed by atoms with Crippen molar-refractivity contribution in [1.82, 2.24) is 4.98 Å². The number of fused-ring (bicyclic) bond motifs is 1. The average Bonchev–Trinajstić information content (AvgIpc) is 3.21. The number of methoxy groups -OCH3 is 1. The summed E-state index contributed by atoms with van der Waals surface area (Å²) in [6.45, 7) is 0.475. The van der Waals surface area contributed by atoms with Crippen molar-refractivity contribution in [2.24, 2.45) is 10.4 Å². The van der Waals surface area contributed by atoms with E-state index in [0.29, 0.717) is 36.0 Å². The molecule has 7 nitrogen and oxygen atoms in total. The van der Waals surface area contributed by atoms with Gasteiger partial charge in [0.15, 0.2) is 11.6 Å². The summed E-state index contributed by atoms with van der Waals surface area (Å²) in [5, 5.41) is 3.34. The molecule has 2 aliphatic rings. The van der Waals surface area contributed by atoms with Crippen molar-refractivity contribution in [3.05, 3.63) is 76.3 Å². The number of ether oxygens (including phenoxy) is 1. The summed E-state index contributed by atoms with van der Waals surface area (Å²) in [5.74, 6) is 0.707. The quantitative estimate of drug-likeness (QED) is 0.518. The van der Waals surface area contributed by atoms with Crippen LogP contribution in [0.4, 0.5) is 11.5 Å². The Bertz CT molecular complexity index is 1260. The molecule has 1 aliphatic carbocycles. The number of benzene rings is 1. The number of rotatable bonds is 8. The van der Waals surface area contributed by atoms with Crippen molar-refractivity contribution >= 4 is 40.5 Å². The molecule has 1 saturated carbocycles. The lowest BCUT2D eigenvalue weighted by Gasteiger charge is -2.12. The third-order valence-corrected chi connectivity index (χ3v) is 6.44. The van der Waals surface area contributed by atoms with E-state index in [9.17, 15) is 9.59 Å². The number of halogens is 1. The molecule has 5 rings (SSSR count). The molecule has 8 heteroatoms. The summed E-state index contributed by atoms with van der Waals surface area (Å²) in [5.41, 5.74) is 3.58. The van der Waals surface area contributed by atoms with Gasteiger partial charge in [0.05, 0.1) is 24.0 Å². The first-order valence-corrected chi connectivity index (χ1v) is 11.1. The van der Waals surface area contributed by atoms with Crippen LogP contribution in [0.5, 0.6) is 0 Å². The molecule has 0 atom stereocenters. The molecule has 3 aromatic rings. The predicted octanol–water partition coefficient (Wildman–Crippen LogP) is 4.80. The topological polar surface area (TPSA) is 93.8 Å². The Morgan fingerprint density at radius 2 is 2.09 bits per heavy atom. The first-order chi connectivity index (χ1) is 16.0. The fourth-order valence-electron chi connectivity index (χ4n) is 4.11. The summed E-state index contributed by atoms with van der Waals surface area (Å²) in [7, 11) is 1.63. The predicted molar refractivity (Wildman–Crippen MR) is 125 cm³/mol. The van der Waals surface area contributed by atoms with Crippen molar-refractivity contribution in [2.45, 2.75) is 25.7 Å². The molecule has 1 N–H and O–H groups in total. The molecule has 0 unspecified atom stereocenters. The highest BCUT2D eigenvalue weighted by Crippen LogP contribution is 2.47. The minimum absolute atomic E-state index is 0.202. The summed E-state index contributed by atoms with van der Waals surface area (Å²) in [4.78, 5) is 34.2. The van der Waals surface area contributed by atoms with Crippen LogP contribution in [0, 0.1) is 5.41 Å². The fourth-order valence-corrected chi connectivity index (χ4v) is 4.34. The summed E-state index contributed by atoms with van der Waals surface area (Å²) in [6.07, 6.45) is 5.82. The molecule has 0 saturated heterocycles. The van der Waals surface area contributed by atoms with Gasteiger partial charge in [-0.2, -0.15) is 0 Å². The van der Waals surface area contributed by atoms with Gasteiger partial charge in [-0.1, -0.05) is 11.6 Å². The molecule has 0 bridgehead atoms. The lowest BCUT2D eigenvalue weighted by Crippen LogP contribution is -2.23. The normalized spacial score (nSPS) is 15.6. The molecular formula is C25H22ClN3O4. The molecule has 1 aliphatic heterocycles. The second kappa shape index (κ2) is 8.57. The maximum absolute atomic E-state index is 12.7. The van der Waals surface area contributed by atoms with E-state index in [0.717, 1.165) is 35.2 Å². The van der Waals surface area contributed by atoms with Gasteiger partial charge in [0.2, 0.25) is 0 Å². The van der Waals surface area contributed by atoms with Crippen LogP contribution < -0.4 is 5.32 Å². The zero-order chi connectivity index (χ0) is 23.0. The van der Waals surface area contributed by atoms with Gasteiger partial charge in [0, 0.05) is 48.0 Å². The number of aliphatic imine (C=N–C) groups is 1. The van der Waals surface area contributed by atoms with Crippen LogP contribution in [-0.2, 0) is 22.4 Å². The van der Waals surface area contributed by atoms with Crippen LogP contribution in [0.1, 0.15) is 40.1 Å². The number of Topliss-reactive ketones (excluding diaryl/α,β-unsaturated/α-hetero) is 1. The highest BCUT2D eigenvalue weighted by Gasteiger charge is 2.49. The third-order valence-electron chi connectivity index (χ3n) is 6.11. The van der Waals surface area contributed by atoms with Gasteiger partial charge >= 0.3 is 0 Å². The summed E-state index contributed by atoms with van der Waals surface area (Å²) in [6, 6.07) is 10.5. The Hall–Kier alpha value is -3.29. The molecule has 1 amide bonds. The number of pyridine rings is 1. The second-order valence-corrected chi connectivity index (χ2v) is 8.91. The van der Waals surface area contributed by atoms with Crippen LogP contribution in [0.3, 0.4) is 0 Å². The van der Waals surface area contributed by atoms with Crippen LogP contribution in [0.25, 0.3) is 0 Å². The molecule has 1 fully saturated rings. The first kappa shape index (κ1) is 21.6. The maximum atomic E-state index is 12.7. The van der Waals surface area contributed by atoms with Gasteiger partial charge in [-0.05, 0) is 54.8 Å². The number of nitrogens with zero attached hydrogens (tertiary/aromatic N) is 2. The van der Waals surface area contributed by atoms with E-state index in [4.69, 9.17) is 20.8 Å². The molecule has 0 spiro atoms. The Kier molecular flexibility index (Phi) is 5.60. The molecule has 3 heterocycles. The SMILES string of the molecule is COCC1(C(=O)Cc2cnc3c(c2)CC(c2cc(NC(=O)c4ccco4)ccc2Cl)=N3)CC1. The Labute approximate surface area is 195 Å². The van der Waals surface area contributed by atoms with E-state index in [1.165, 1.54) is 6.26 Å². The van der Waals surface area contributed by atoms with Crippen LogP contribution in [0.2, 0.25) is 5.02 Å². The number of carbonyl (C=O) groups excluding carboxylic acids is 2. The van der Waals surface area contributed by atoms with E-state index >= 15 is 0 Å². The van der Waals surface area contributed by atoms with Crippen LogP contribution in [0.15, 0.2) is 58.3 Å². The van der Waals surface area contributed by atoms with E-state index < -0.39 is 0 Å². The highest BCUT2D eigenvalue weighted by molar-refractivity contribution is 6.34. The largest absolute Gasteiger partial charge is 0.459 e. The second-order valence-electron chi connectivity index (χ2n) is 8.50. The Balaban J connectivity index is 1.31. The van der Waals surface area contributed by atoms with E-state index in [1.807, 2.05) is 6.07 Å². The summed E-state index contributed by atoms with van der Waals surface area (Å²) >= 11 is 6.45. The molecule has 33 heavy (non-hydrogen) atoms. The highest BCUT2D eigenvalue weighted by atomic mass is 35.5. The van der Waals surface area contributed by atoms with E-state index in [-0.39, 0.29) is 22.9 Å². The van der Waals surface area contributed by atoms with E-state index in [1.54, 1.807) is 43.6 Å². The Morgan fingerprint density at radius 1 is 1.24 bits per heavy atom. The Morgan fingerprint density at radius 3 is 2.82 bits per heavy atom. The summed E-state index contributed by atoms with van der Waals surface area (Å²) < 4.78 is 10.4. The number of carbonyl (C=O) groups is 2. The van der Waals surface area contributed by atoms with Gasteiger partial charge < -0.3 is 14.5 Å². The zero-order valence-corrected chi connectivity index (χ0v) is 18.8. The van der Waals surface area contributed by atoms with Crippen molar-refractivity contribution in [3.8, 4) is 0 Å². The standard InChI is InChI=1S/C25H22ClN3O4/c1-32-14-25(6-7-25)22(30)10-15-9-16-11-20(29-23(16)27-13-15)18-12-17(4-5-19(18)26)28-24(31)21-3-2-8-33-21/h2-5,8-9,12-13H,6-7,10-11,14H2,1H3,(H,28,31). The first-order valence-electron chi connectivity index (χ1n) is 10.7. The number of amides is 1. The third kappa shape index (κ3) is 4.34. The molecule has 2 aromatic heterocycles. The van der Waals surface area contributed by atoms with Crippen LogP contribution >= 0.6 is 11.6 Å². The average molecular weight is 464 g/mol.